The van der Waals surface area contributed by atoms with Gasteiger partial charge in [0.1, 0.15) is 18.1 Å². The molecule has 0 fully saturated rings. The molecule has 0 spiro atoms. The van der Waals surface area contributed by atoms with E-state index < -0.39 is 6.10 Å². The van der Waals surface area contributed by atoms with Gasteiger partial charge in [0, 0.05) is 0 Å². The minimum absolute atomic E-state index is 0.179. The molecule has 0 saturated carbocycles. The van der Waals surface area contributed by atoms with E-state index in [9.17, 15) is 9.90 Å². The monoisotopic (exact) mass is 271 g/mol. The van der Waals surface area contributed by atoms with Gasteiger partial charge in [-0.1, -0.05) is 17.3 Å². The van der Waals surface area contributed by atoms with Crippen molar-refractivity contribution in [2.45, 2.75) is 19.6 Å². The lowest BCUT2D eigenvalue weighted by Crippen LogP contribution is -2.14. The van der Waals surface area contributed by atoms with Gasteiger partial charge in [0.15, 0.2) is 0 Å². The zero-order valence-corrected chi connectivity index (χ0v) is 10.8. The first-order valence-corrected chi connectivity index (χ1v) is 6.19. The first-order valence-electron chi connectivity index (χ1n) is 6.19. The van der Waals surface area contributed by atoms with Crippen LogP contribution in [0.1, 0.15) is 24.5 Å². The van der Waals surface area contributed by atoms with Crippen molar-refractivity contribution in [3.63, 3.8) is 0 Å². The van der Waals surface area contributed by atoms with E-state index in [2.05, 4.69) is 20.3 Å². The number of aromatic nitrogens is 5. The van der Waals surface area contributed by atoms with Gasteiger partial charge in [-0.15, -0.1) is 5.10 Å². The minimum Gasteiger partial charge on any atom is -0.387 e. The van der Waals surface area contributed by atoms with Gasteiger partial charge >= 0.3 is 0 Å². The fraction of sp³-hybridized carbons (Fsp3) is 0.231. The van der Waals surface area contributed by atoms with Crippen LogP contribution in [0.25, 0.3) is 10.9 Å². The Morgan fingerprint density at radius 3 is 2.95 bits per heavy atom. The summed E-state index contributed by atoms with van der Waals surface area (Å²) in [5.74, 6) is 0.496. The van der Waals surface area contributed by atoms with Crippen LogP contribution < -0.4 is 5.56 Å². The first kappa shape index (κ1) is 12.5. The third kappa shape index (κ3) is 2.30. The Kier molecular flexibility index (Phi) is 3.03. The number of nitrogens with one attached hydrogen (secondary N) is 1. The maximum atomic E-state index is 11.9. The van der Waals surface area contributed by atoms with Crippen LogP contribution >= 0.6 is 0 Å². The molecule has 7 heteroatoms. The number of rotatable bonds is 3. The molecule has 0 aliphatic rings. The van der Waals surface area contributed by atoms with Crippen molar-refractivity contribution >= 4 is 10.9 Å². The van der Waals surface area contributed by atoms with Gasteiger partial charge in [0.05, 0.1) is 23.2 Å². The number of fused-ring (bicyclic) bond motifs is 1. The molecule has 3 aromatic rings. The Balaban J connectivity index is 1.96. The van der Waals surface area contributed by atoms with E-state index in [-0.39, 0.29) is 5.56 Å². The topological polar surface area (TPSA) is 96.7 Å². The molecule has 102 valence electrons. The Morgan fingerprint density at radius 2 is 2.20 bits per heavy atom. The summed E-state index contributed by atoms with van der Waals surface area (Å²) < 4.78 is 1.52. The van der Waals surface area contributed by atoms with Gasteiger partial charge in [-0.05, 0) is 19.1 Å². The average molecular weight is 271 g/mol. The second-order valence-corrected chi connectivity index (χ2v) is 4.55. The Bertz CT molecular complexity index is 806. The number of aliphatic hydroxyl groups excluding tert-OH is 1. The van der Waals surface area contributed by atoms with E-state index in [4.69, 9.17) is 0 Å². The molecular formula is C13H13N5O2. The summed E-state index contributed by atoms with van der Waals surface area (Å²) in [5, 5.41) is 17.7. The van der Waals surface area contributed by atoms with E-state index in [1.165, 1.54) is 4.68 Å². The standard InChI is InChI=1S/C13H13N5O2/c1-8(19)11-6-18(17-16-11)7-12-14-10-5-3-2-4-9(10)13(20)15-12/h2-6,8,19H,7H2,1H3,(H,14,15,20). The third-order valence-corrected chi connectivity index (χ3v) is 2.96. The van der Waals surface area contributed by atoms with Gasteiger partial charge in [0.25, 0.3) is 5.56 Å². The van der Waals surface area contributed by atoms with Crippen molar-refractivity contribution in [2.24, 2.45) is 0 Å². The van der Waals surface area contributed by atoms with Crippen molar-refractivity contribution in [3.8, 4) is 0 Å². The van der Waals surface area contributed by atoms with E-state index in [1.807, 2.05) is 6.07 Å². The molecule has 0 radical (unpaired) electrons. The summed E-state index contributed by atoms with van der Waals surface area (Å²) in [4.78, 5) is 19.0. The normalized spacial score (nSPS) is 12.7. The van der Waals surface area contributed by atoms with Crippen molar-refractivity contribution < 1.29 is 5.11 Å². The minimum atomic E-state index is -0.674. The largest absolute Gasteiger partial charge is 0.387 e. The molecule has 1 unspecified atom stereocenters. The molecule has 0 amide bonds. The summed E-state index contributed by atoms with van der Waals surface area (Å²) in [6.07, 6.45) is 0.951. The van der Waals surface area contributed by atoms with Crippen molar-refractivity contribution in [3.05, 3.63) is 52.3 Å². The Hall–Kier alpha value is -2.54. The van der Waals surface area contributed by atoms with Gasteiger partial charge in [-0.2, -0.15) is 0 Å². The number of nitrogens with zero attached hydrogens (tertiary/aromatic N) is 4. The molecule has 0 bridgehead atoms. The highest BCUT2D eigenvalue weighted by Gasteiger charge is 2.08. The fourth-order valence-electron chi connectivity index (χ4n) is 1.95. The number of H-pyrrole nitrogens is 1. The number of aliphatic hydroxyl groups is 1. The summed E-state index contributed by atoms with van der Waals surface area (Å²) in [5.41, 5.74) is 0.941. The molecule has 2 heterocycles. The van der Waals surface area contributed by atoms with Gasteiger partial charge in [-0.3, -0.25) is 4.79 Å². The quantitative estimate of drug-likeness (QED) is 0.727. The van der Waals surface area contributed by atoms with Gasteiger partial charge in [0.2, 0.25) is 0 Å². The van der Waals surface area contributed by atoms with E-state index in [0.29, 0.717) is 29.0 Å². The third-order valence-electron chi connectivity index (χ3n) is 2.96. The predicted octanol–water partition coefficient (Wildman–Crippen LogP) is 0.616. The smallest absolute Gasteiger partial charge is 0.258 e. The zero-order chi connectivity index (χ0) is 14.1. The molecular weight excluding hydrogens is 258 g/mol. The number of benzene rings is 1. The van der Waals surface area contributed by atoms with E-state index in [0.717, 1.165) is 0 Å². The van der Waals surface area contributed by atoms with Crippen LogP contribution in [0.2, 0.25) is 0 Å². The molecule has 7 nitrogen and oxygen atoms in total. The molecule has 2 N–H and O–H groups in total. The second-order valence-electron chi connectivity index (χ2n) is 4.55. The van der Waals surface area contributed by atoms with Gasteiger partial charge in [-0.25, -0.2) is 9.67 Å². The number of hydrogen-bond donors (Lipinski definition) is 2. The van der Waals surface area contributed by atoms with Crippen LogP contribution in [0, 0.1) is 0 Å². The fourth-order valence-corrected chi connectivity index (χ4v) is 1.95. The van der Waals surface area contributed by atoms with Crippen LogP contribution in [0.5, 0.6) is 0 Å². The maximum Gasteiger partial charge on any atom is 0.258 e. The molecule has 2 aromatic heterocycles. The average Bonchev–Trinajstić information content (AvgIpc) is 2.87. The molecule has 20 heavy (non-hydrogen) atoms. The van der Waals surface area contributed by atoms with Crippen LogP contribution in [0.3, 0.4) is 0 Å². The van der Waals surface area contributed by atoms with E-state index in [1.54, 1.807) is 31.3 Å². The first-order chi connectivity index (χ1) is 9.63. The summed E-state index contributed by atoms with van der Waals surface area (Å²) >= 11 is 0. The highest BCUT2D eigenvalue weighted by Crippen LogP contribution is 2.08. The summed E-state index contributed by atoms with van der Waals surface area (Å²) in [6.45, 7) is 1.91. The highest BCUT2D eigenvalue weighted by atomic mass is 16.3. The molecule has 3 rings (SSSR count). The Morgan fingerprint density at radius 1 is 1.40 bits per heavy atom. The second kappa shape index (κ2) is 4.86. The van der Waals surface area contributed by atoms with Crippen LogP contribution in [0.15, 0.2) is 35.3 Å². The number of hydrogen-bond acceptors (Lipinski definition) is 5. The lowest BCUT2D eigenvalue weighted by Gasteiger charge is -2.02. The molecule has 0 aliphatic carbocycles. The predicted molar refractivity (Wildman–Crippen MR) is 72.1 cm³/mol. The summed E-state index contributed by atoms with van der Waals surface area (Å²) in [7, 11) is 0. The molecule has 0 saturated heterocycles. The summed E-state index contributed by atoms with van der Waals surface area (Å²) in [6, 6.07) is 7.15. The van der Waals surface area contributed by atoms with Gasteiger partial charge < -0.3 is 10.1 Å². The number of aromatic amines is 1. The maximum absolute atomic E-state index is 11.9. The van der Waals surface area contributed by atoms with Crippen molar-refractivity contribution in [1.29, 1.82) is 0 Å². The Labute approximate surface area is 113 Å². The van der Waals surface area contributed by atoms with Crippen molar-refractivity contribution in [2.75, 3.05) is 0 Å². The van der Waals surface area contributed by atoms with Crippen LogP contribution in [-0.4, -0.2) is 30.1 Å². The zero-order valence-electron chi connectivity index (χ0n) is 10.8. The lowest BCUT2D eigenvalue weighted by atomic mass is 10.2. The van der Waals surface area contributed by atoms with Crippen LogP contribution in [-0.2, 0) is 6.54 Å². The molecule has 1 aromatic carbocycles. The highest BCUT2D eigenvalue weighted by molar-refractivity contribution is 5.77. The molecule has 0 aliphatic heterocycles. The lowest BCUT2D eigenvalue weighted by molar-refractivity contribution is 0.194. The van der Waals surface area contributed by atoms with Crippen LogP contribution in [0.4, 0.5) is 0 Å². The molecule has 1 atom stereocenters. The SMILES string of the molecule is CC(O)c1cn(Cc2nc3ccccc3c(=O)[nH]2)nn1. The number of para-hydroxylation sites is 1. The van der Waals surface area contributed by atoms with E-state index >= 15 is 0 Å². The van der Waals surface area contributed by atoms with Crippen molar-refractivity contribution in [1.82, 2.24) is 25.0 Å².